The van der Waals surface area contributed by atoms with Crippen molar-refractivity contribution in [3.05, 3.63) is 59.4 Å². The molecule has 0 spiro atoms. The molecule has 2 amide bonds. The number of nitrogens with one attached hydrogen (secondary N) is 1. The molecule has 1 saturated heterocycles. The summed E-state index contributed by atoms with van der Waals surface area (Å²) in [5.74, 6) is -0.523. The van der Waals surface area contributed by atoms with Gasteiger partial charge in [-0.3, -0.25) is 9.59 Å². The van der Waals surface area contributed by atoms with Crippen LogP contribution in [0.15, 0.2) is 52.4 Å². The highest BCUT2D eigenvalue weighted by molar-refractivity contribution is 7.13. The summed E-state index contributed by atoms with van der Waals surface area (Å²) in [6.07, 6.45) is 0.127. The molecular weight excluding hydrogens is 369 g/mol. The van der Waals surface area contributed by atoms with Gasteiger partial charge in [-0.1, -0.05) is 11.2 Å². The summed E-state index contributed by atoms with van der Waals surface area (Å²) in [5.41, 5.74) is 1.21. The molecule has 0 radical (unpaired) electrons. The van der Waals surface area contributed by atoms with Gasteiger partial charge in [0.15, 0.2) is 5.76 Å². The number of halogens is 1. The number of benzene rings is 1. The van der Waals surface area contributed by atoms with Crippen molar-refractivity contribution in [2.45, 2.75) is 13.0 Å². The number of thiophene rings is 1. The third-order valence-electron chi connectivity index (χ3n) is 4.40. The van der Waals surface area contributed by atoms with Gasteiger partial charge in [0.05, 0.1) is 17.3 Å². The second-order valence-electron chi connectivity index (χ2n) is 6.26. The lowest BCUT2D eigenvalue weighted by molar-refractivity contribution is -0.126. The second-order valence-corrected chi connectivity index (χ2v) is 7.21. The summed E-state index contributed by atoms with van der Waals surface area (Å²) >= 11 is 1.55. The zero-order valence-electron chi connectivity index (χ0n) is 14.2. The van der Waals surface area contributed by atoms with E-state index in [-0.39, 0.29) is 37.1 Å². The van der Waals surface area contributed by atoms with E-state index >= 15 is 0 Å². The van der Waals surface area contributed by atoms with Crippen molar-refractivity contribution in [3.63, 3.8) is 0 Å². The van der Waals surface area contributed by atoms with Crippen LogP contribution in [0.1, 0.15) is 12.1 Å². The summed E-state index contributed by atoms with van der Waals surface area (Å²) in [6.45, 7) is 0.504. The lowest BCUT2D eigenvalue weighted by atomic mass is 10.1. The van der Waals surface area contributed by atoms with Crippen molar-refractivity contribution in [3.8, 4) is 10.6 Å². The first-order chi connectivity index (χ1) is 13.1. The van der Waals surface area contributed by atoms with Crippen LogP contribution in [0.5, 0.6) is 0 Å². The molecule has 4 rings (SSSR count). The molecule has 1 aliphatic heterocycles. The van der Waals surface area contributed by atoms with E-state index < -0.39 is 5.92 Å². The SMILES string of the molecule is O=C(NCc1cc(-c2cccs2)on1)C1CC(=O)N(c2ccc(F)cc2)C1. The number of rotatable bonds is 5. The van der Waals surface area contributed by atoms with Crippen LogP contribution in [0, 0.1) is 11.7 Å². The molecule has 1 aromatic carbocycles. The Labute approximate surface area is 158 Å². The van der Waals surface area contributed by atoms with E-state index in [4.69, 9.17) is 4.52 Å². The van der Waals surface area contributed by atoms with Gasteiger partial charge in [-0.25, -0.2) is 4.39 Å². The third-order valence-corrected chi connectivity index (χ3v) is 5.29. The Bertz CT molecular complexity index is 953. The number of nitrogens with zero attached hydrogens (tertiary/aromatic N) is 2. The molecule has 1 aliphatic rings. The van der Waals surface area contributed by atoms with E-state index in [0.717, 1.165) is 4.88 Å². The molecule has 2 aromatic heterocycles. The standard InChI is InChI=1S/C19H16FN3O3S/c20-13-3-5-15(6-4-13)23-11-12(8-18(23)24)19(25)21-10-14-9-16(26-22-14)17-2-1-7-27-17/h1-7,9,12H,8,10-11H2,(H,21,25). The molecular formula is C19H16FN3O3S. The fourth-order valence-electron chi connectivity index (χ4n) is 3.01. The molecule has 138 valence electrons. The Morgan fingerprint density at radius 1 is 1.33 bits per heavy atom. The van der Waals surface area contributed by atoms with Crippen molar-refractivity contribution in [1.29, 1.82) is 0 Å². The Hall–Kier alpha value is -3.00. The maximum atomic E-state index is 13.0. The number of aromatic nitrogens is 1. The Balaban J connectivity index is 1.35. The highest BCUT2D eigenvalue weighted by atomic mass is 32.1. The summed E-state index contributed by atoms with van der Waals surface area (Å²) < 4.78 is 18.3. The minimum Gasteiger partial charge on any atom is -0.355 e. The van der Waals surface area contributed by atoms with E-state index in [1.165, 1.54) is 29.2 Å². The van der Waals surface area contributed by atoms with Gasteiger partial charge >= 0.3 is 0 Å². The van der Waals surface area contributed by atoms with Gasteiger partial charge in [0.25, 0.3) is 0 Å². The lowest BCUT2D eigenvalue weighted by Crippen LogP contribution is -2.32. The molecule has 3 aromatic rings. The van der Waals surface area contributed by atoms with Crippen LogP contribution in [0.25, 0.3) is 10.6 Å². The number of anilines is 1. The smallest absolute Gasteiger partial charge is 0.227 e. The van der Waals surface area contributed by atoms with Crippen molar-refractivity contribution in [2.75, 3.05) is 11.4 Å². The minimum atomic E-state index is -0.453. The van der Waals surface area contributed by atoms with E-state index in [1.54, 1.807) is 17.4 Å². The molecule has 1 N–H and O–H groups in total. The second kappa shape index (κ2) is 7.32. The van der Waals surface area contributed by atoms with Crippen LogP contribution in [0.3, 0.4) is 0 Å². The molecule has 27 heavy (non-hydrogen) atoms. The van der Waals surface area contributed by atoms with Crippen LogP contribution in [0.4, 0.5) is 10.1 Å². The van der Waals surface area contributed by atoms with Crippen LogP contribution >= 0.6 is 11.3 Å². The summed E-state index contributed by atoms with van der Waals surface area (Å²) in [5, 5.41) is 8.71. The lowest BCUT2D eigenvalue weighted by Gasteiger charge is -2.16. The highest BCUT2D eigenvalue weighted by Gasteiger charge is 2.35. The normalized spacial score (nSPS) is 16.7. The zero-order valence-corrected chi connectivity index (χ0v) is 15.0. The maximum absolute atomic E-state index is 13.0. The largest absolute Gasteiger partial charge is 0.355 e. The fraction of sp³-hybridized carbons (Fsp3) is 0.211. The first-order valence-corrected chi connectivity index (χ1v) is 9.31. The highest BCUT2D eigenvalue weighted by Crippen LogP contribution is 2.26. The molecule has 0 aliphatic carbocycles. The number of carbonyl (C=O) groups excluding carboxylic acids is 2. The van der Waals surface area contributed by atoms with Gasteiger partial charge in [-0.2, -0.15) is 0 Å². The molecule has 0 saturated carbocycles. The van der Waals surface area contributed by atoms with Crippen molar-refractivity contribution in [1.82, 2.24) is 10.5 Å². The first-order valence-electron chi connectivity index (χ1n) is 8.43. The van der Waals surface area contributed by atoms with Crippen LogP contribution in [0.2, 0.25) is 0 Å². The molecule has 0 bridgehead atoms. The average molecular weight is 385 g/mol. The van der Waals surface area contributed by atoms with Gasteiger partial charge in [0.2, 0.25) is 11.8 Å². The minimum absolute atomic E-state index is 0.127. The van der Waals surface area contributed by atoms with Crippen molar-refractivity contribution >= 4 is 28.8 Å². The summed E-state index contributed by atoms with van der Waals surface area (Å²) in [6, 6.07) is 11.3. The molecule has 1 fully saturated rings. The van der Waals surface area contributed by atoms with Crippen molar-refractivity contribution in [2.24, 2.45) is 5.92 Å². The number of amides is 2. The fourth-order valence-corrected chi connectivity index (χ4v) is 3.68. The molecule has 1 unspecified atom stereocenters. The van der Waals surface area contributed by atoms with E-state index in [9.17, 15) is 14.0 Å². The quantitative estimate of drug-likeness (QED) is 0.732. The third kappa shape index (κ3) is 3.75. The van der Waals surface area contributed by atoms with Gasteiger partial charge in [-0.05, 0) is 35.7 Å². The van der Waals surface area contributed by atoms with Gasteiger partial charge in [0.1, 0.15) is 11.5 Å². The number of hydrogen-bond donors (Lipinski definition) is 1. The first kappa shape index (κ1) is 17.4. The van der Waals surface area contributed by atoms with Crippen LogP contribution < -0.4 is 10.2 Å². The Morgan fingerprint density at radius 2 is 2.15 bits per heavy atom. The summed E-state index contributed by atoms with van der Waals surface area (Å²) in [4.78, 5) is 27.1. The summed E-state index contributed by atoms with van der Waals surface area (Å²) in [7, 11) is 0. The van der Waals surface area contributed by atoms with E-state index in [0.29, 0.717) is 17.1 Å². The Morgan fingerprint density at radius 3 is 2.89 bits per heavy atom. The molecule has 6 nitrogen and oxygen atoms in total. The predicted octanol–water partition coefficient (Wildman–Crippen LogP) is 3.21. The predicted molar refractivity (Wildman–Crippen MR) is 98.5 cm³/mol. The van der Waals surface area contributed by atoms with Gasteiger partial charge in [0, 0.05) is 24.7 Å². The van der Waals surface area contributed by atoms with Gasteiger partial charge < -0.3 is 14.7 Å². The zero-order chi connectivity index (χ0) is 18.8. The van der Waals surface area contributed by atoms with Gasteiger partial charge in [-0.15, -0.1) is 11.3 Å². The molecule has 3 heterocycles. The topological polar surface area (TPSA) is 75.4 Å². The van der Waals surface area contributed by atoms with Crippen LogP contribution in [-0.2, 0) is 16.1 Å². The van der Waals surface area contributed by atoms with Crippen molar-refractivity contribution < 1.29 is 18.5 Å². The number of carbonyl (C=O) groups is 2. The average Bonchev–Trinajstić information content (AvgIpc) is 3.41. The molecule has 8 heteroatoms. The maximum Gasteiger partial charge on any atom is 0.227 e. The number of hydrogen-bond acceptors (Lipinski definition) is 5. The monoisotopic (exact) mass is 385 g/mol. The molecule has 1 atom stereocenters. The Kier molecular flexibility index (Phi) is 4.72. The van der Waals surface area contributed by atoms with E-state index in [2.05, 4.69) is 10.5 Å². The van der Waals surface area contributed by atoms with E-state index in [1.807, 2.05) is 17.5 Å². The van der Waals surface area contributed by atoms with Crippen LogP contribution in [-0.4, -0.2) is 23.5 Å².